The quantitative estimate of drug-likeness (QED) is 0.774. The second kappa shape index (κ2) is 7.35. The predicted octanol–water partition coefficient (Wildman–Crippen LogP) is 3.96. The Labute approximate surface area is 174 Å². The van der Waals surface area contributed by atoms with Gasteiger partial charge in [0, 0.05) is 24.5 Å². The van der Waals surface area contributed by atoms with Gasteiger partial charge in [0.15, 0.2) is 11.5 Å². The summed E-state index contributed by atoms with van der Waals surface area (Å²) in [6.45, 7) is 2.36. The number of benzene rings is 1. The fourth-order valence-electron chi connectivity index (χ4n) is 5.00. The Morgan fingerprint density at radius 2 is 2.00 bits per heavy atom. The van der Waals surface area contributed by atoms with E-state index in [2.05, 4.69) is 11.9 Å². The molecule has 2 aliphatic heterocycles. The van der Waals surface area contributed by atoms with Gasteiger partial charge in [-0.1, -0.05) is 31.2 Å². The highest BCUT2D eigenvalue weighted by Crippen LogP contribution is 2.48. The molecular weight excluding hydrogens is 383 g/mol. The number of carbonyl (C=O) groups is 2. The van der Waals surface area contributed by atoms with E-state index in [9.17, 15) is 14.0 Å². The molecule has 3 heterocycles. The summed E-state index contributed by atoms with van der Waals surface area (Å²) in [6.07, 6.45) is 5.53. The van der Waals surface area contributed by atoms with Gasteiger partial charge in [-0.3, -0.25) is 14.6 Å². The Hall–Kier alpha value is -3.02. The number of rotatable bonds is 3. The van der Waals surface area contributed by atoms with E-state index in [1.807, 2.05) is 6.07 Å². The summed E-state index contributed by atoms with van der Waals surface area (Å²) in [5.74, 6) is -0.597. The number of ether oxygens (including phenoxy) is 1. The molecule has 3 aliphatic rings. The number of hydrogen-bond donors (Lipinski definition) is 0. The number of hydrogen-bond acceptors (Lipinski definition) is 4. The number of amides is 1. The molecule has 0 bridgehead atoms. The first-order chi connectivity index (χ1) is 14.5. The standard InChI is InChI=1S/C24H23FN2O3/c1-14-8-9-19-17(11-14)22(28)20-21(16-6-2-3-7-18(16)25)27(24(29)23(20)30-19)13-15-5-4-10-26-12-15/h2-7,10,12,14,17,19,21H,8-9,11,13H2,1H3. The average Bonchev–Trinajstić information content (AvgIpc) is 3.02. The summed E-state index contributed by atoms with van der Waals surface area (Å²) in [6, 6.07) is 9.19. The second-order valence-corrected chi connectivity index (χ2v) is 8.51. The fraction of sp³-hybridized carbons (Fsp3) is 0.375. The number of carbonyl (C=O) groups excluding carboxylic acids is 2. The van der Waals surface area contributed by atoms with Crippen LogP contribution in [0.25, 0.3) is 0 Å². The van der Waals surface area contributed by atoms with E-state index >= 15 is 0 Å². The lowest BCUT2D eigenvalue weighted by atomic mass is 9.74. The minimum absolute atomic E-state index is 0.0666. The number of halogens is 1. The van der Waals surface area contributed by atoms with Crippen LogP contribution in [0.2, 0.25) is 0 Å². The molecule has 4 atom stereocenters. The predicted molar refractivity (Wildman–Crippen MR) is 107 cm³/mol. The van der Waals surface area contributed by atoms with Gasteiger partial charge in [-0.05, 0) is 42.9 Å². The van der Waals surface area contributed by atoms with E-state index < -0.39 is 11.9 Å². The molecule has 4 unspecified atom stereocenters. The highest BCUT2D eigenvalue weighted by atomic mass is 19.1. The Balaban J connectivity index is 1.60. The molecule has 30 heavy (non-hydrogen) atoms. The van der Waals surface area contributed by atoms with Crippen molar-refractivity contribution in [3.8, 4) is 0 Å². The molecule has 5 rings (SSSR count). The van der Waals surface area contributed by atoms with Crippen LogP contribution >= 0.6 is 0 Å². The summed E-state index contributed by atoms with van der Waals surface area (Å²) in [5, 5.41) is 0. The molecule has 0 radical (unpaired) electrons. The fourth-order valence-corrected chi connectivity index (χ4v) is 5.00. The van der Waals surface area contributed by atoms with E-state index in [-0.39, 0.29) is 36.0 Å². The second-order valence-electron chi connectivity index (χ2n) is 8.51. The van der Waals surface area contributed by atoms with E-state index in [0.717, 1.165) is 24.8 Å². The Kier molecular flexibility index (Phi) is 4.65. The van der Waals surface area contributed by atoms with Crippen LogP contribution in [-0.2, 0) is 20.9 Å². The van der Waals surface area contributed by atoms with Gasteiger partial charge in [0.25, 0.3) is 5.91 Å². The van der Waals surface area contributed by atoms with Gasteiger partial charge < -0.3 is 9.64 Å². The molecule has 1 aliphatic carbocycles. The largest absolute Gasteiger partial charge is 0.483 e. The summed E-state index contributed by atoms with van der Waals surface area (Å²) in [4.78, 5) is 32.6. The minimum Gasteiger partial charge on any atom is -0.483 e. The number of ketones is 1. The van der Waals surface area contributed by atoms with Crippen LogP contribution in [0.15, 0.2) is 60.1 Å². The lowest BCUT2D eigenvalue weighted by Crippen LogP contribution is -2.41. The molecule has 6 heteroatoms. The molecular formula is C24H23FN2O3. The van der Waals surface area contributed by atoms with Crippen molar-refractivity contribution in [2.24, 2.45) is 11.8 Å². The highest BCUT2D eigenvalue weighted by Gasteiger charge is 2.52. The van der Waals surface area contributed by atoms with Crippen molar-refractivity contribution in [2.45, 2.75) is 44.9 Å². The number of pyridine rings is 1. The van der Waals surface area contributed by atoms with Crippen molar-refractivity contribution < 1.29 is 18.7 Å². The van der Waals surface area contributed by atoms with E-state index in [0.29, 0.717) is 17.1 Å². The first-order valence-corrected chi connectivity index (χ1v) is 10.4. The van der Waals surface area contributed by atoms with Crippen LogP contribution in [0, 0.1) is 17.7 Å². The topological polar surface area (TPSA) is 59.5 Å². The van der Waals surface area contributed by atoms with E-state index in [1.54, 1.807) is 41.6 Å². The average molecular weight is 406 g/mol. The molecule has 1 amide bonds. The van der Waals surface area contributed by atoms with Gasteiger partial charge in [0.2, 0.25) is 0 Å². The van der Waals surface area contributed by atoms with Crippen LogP contribution in [-0.4, -0.2) is 27.7 Å². The molecule has 1 saturated carbocycles. The van der Waals surface area contributed by atoms with Crippen LogP contribution in [0.4, 0.5) is 4.39 Å². The molecule has 5 nitrogen and oxygen atoms in total. The van der Waals surface area contributed by atoms with Gasteiger partial charge in [0.1, 0.15) is 11.9 Å². The van der Waals surface area contributed by atoms with Crippen molar-refractivity contribution >= 4 is 11.7 Å². The molecule has 154 valence electrons. The molecule has 1 fully saturated rings. The van der Waals surface area contributed by atoms with E-state index in [1.165, 1.54) is 6.07 Å². The maximum absolute atomic E-state index is 14.8. The first kappa shape index (κ1) is 19.0. The van der Waals surface area contributed by atoms with Gasteiger partial charge in [0.05, 0.1) is 17.5 Å². The van der Waals surface area contributed by atoms with Crippen molar-refractivity contribution in [1.82, 2.24) is 9.88 Å². The SMILES string of the molecule is CC1CCC2OC3=C(C(=O)C2C1)C(c1ccccc1F)N(Cc1cccnc1)C3=O. The van der Waals surface area contributed by atoms with Gasteiger partial charge >= 0.3 is 0 Å². The van der Waals surface area contributed by atoms with Gasteiger partial charge in [-0.25, -0.2) is 4.39 Å². The third kappa shape index (κ3) is 3.02. The summed E-state index contributed by atoms with van der Waals surface area (Å²) in [7, 11) is 0. The van der Waals surface area contributed by atoms with Crippen molar-refractivity contribution in [3.63, 3.8) is 0 Å². The van der Waals surface area contributed by atoms with Crippen molar-refractivity contribution in [1.29, 1.82) is 0 Å². The number of fused-ring (bicyclic) bond motifs is 1. The summed E-state index contributed by atoms with van der Waals surface area (Å²) < 4.78 is 21.0. The molecule has 0 N–H and O–H groups in total. The first-order valence-electron chi connectivity index (χ1n) is 10.4. The van der Waals surface area contributed by atoms with Gasteiger partial charge in [-0.2, -0.15) is 0 Å². The van der Waals surface area contributed by atoms with Crippen molar-refractivity contribution in [2.75, 3.05) is 0 Å². The highest BCUT2D eigenvalue weighted by molar-refractivity contribution is 6.11. The van der Waals surface area contributed by atoms with E-state index in [4.69, 9.17) is 4.74 Å². The molecule has 1 aromatic heterocycles. The van der Waals surface area contributed by atoms with Crippen LogP contribution < -0.4 is 0 Å². The molecule has 2 aromatic rings. The number of aromatic nitrogens is 1. The van der Waals surface area contributed by atoms with Crippen LogP contribution in [0.5, 0.6) is 0 Å². The molecule has 0 saturated heterocycles. The van der Waals surface area contributed by atoms with Crippen molar-refractivity contribution in [3.05, 3.63) is 77.1 Å². The van der Waals surface area contributed by atoms with Gasteiger partial charge in [-0.15, -0.1) is 0 Å². The minimum atomic E-state index is -0.792. The maximum atomic E-state index is 14.8. The van der Waals surface area contributed by atoms with Crippen LogP contribution in [0.3, 0.4) is 0 Å². The number of nitrogens with zero attached hydrogens (tertiary/aromatic N) is 2. The maximum Gasteiger partial charge on any atom is 0.290 e. The lowest BCUT2D eigenvalue weighted by molar-refractivity contribution is -0.136. The normalized spacial score (nSPS) is 28.3. The Morgan fingerprint density at radius 1 is 1.17 bits per heavy atom. The zero-order valence-corrected chi connectivity index (χ0v) is 16.8. The molecule has 0 spiro atoms. The smallest absolute Gasteiger partial charge is 0.290 e. The number of Topliss-reactive ketones (excluding diaryl/α,β-unsaturated/α-hetero) is 1. The van der Waals surface area contributed by atoms with Crippen LogP contribution in [0.1, 0.15) is 43.4 Å². The summed E-state index contributed by atoms with van der Waals surface area (Å²) in [5.41, 5.74) is 1.44. The third-order valence-electron chi connectivity index (χ3n) is 6.48. The molecule has 1 aromatic carbocycles. The Morgan fingerprint density at radius 3 is 2.77 bits per heavy atom. The summed E-state index contributed by atoms with van der Waals surface area (Å²) >= 11 is 0. The lowest BCUT2D eigenvalue weighted by Gasteiger charge is -2.37. The monoisotopic (exact) mass is 406 g/mol. The third-order valence-corrected chi connectivity index (χ3v) is 6.48. The zero-order chi connectivity index (χ0) is 20.8. The Bertz CT molecular complexity index is 1040. The zero-order valence-electron chi connectivity index (χ0n) is 16.8.